The highest BCUT2D eigenvalue weighted by atomic mass is 35.5. The van der Waals surface area contributed by atoms with Gasteiger partial charge in [0.2, 0.25) is 0 Å². The van der Waals surface area contributed by atoms with Crippen molar-refractivity contribution in [2.24, 2.45) is 0 Å². The highest BCUT2D eigenvalue weighted by Gasteiger charge is 2.30. The molecule has 1 heterocycles. The Kier molecular flexibility index (Phi) is 3.68. The van der Waals surface area contributed by atoms with Crippen LogP contribution in [-0.2, 0) is 17.4 Å². The third kappa shape index (κ3) is 3.51. The molecule has 2 nitrogen and oxygen atoms in total. The first kappa shape index (κ1) is 12.0. The van der Waals surface area contributed by atoms with Crippen molar-refractivity contribution >= 4 is 17.9 Å². The van der Waals surface area contributed by atoms with Crippen molar-refractivity contribution in [1.82, 2.24) is 4.98 Å². The van der Waals surface area contributed by atoms with E-state index in [1.807, 2.05) is 0 Å². The fraction of sp³-hybridized carbons (Fsp3) is 0.333. The van der Waals surface area contributed by atoms with Crippen LogP contribution in [0.3, 0.4) is 0 Å². The first-order valence-corrected chi connectivity index (χ1v) is 4.48. The number of hydrogen-bond acceptors (Lipinski definition) is 2. The molecule has 0 N–H and O–H groups in total. The van der Waals surface area contributed by atoms with Crippen LogP contribution in [0.4, 0.5) is 13.2 Å². The standard InChI is InChI=1S/C9H7ClF3NO/c10-7(5-15)3-8-2-1-6(4-14-8)9(11,12)13/h1-2,4-5,7H,3H2. The molecule has 1 unspecified atom stereocenters. The van der Waals surface area contributed by atoms with E-state index >= 15 is 0 Å². The van der Waals surface area contributed by atoms with E-state index in [9.17, 15) is 18.0 Å². The monoisotopic (exact) mass is 237 g/mol. The quantitative estimate of drug-likeness (QED) is 0.597. The number of halogens is 4. The van der Waals surface area contributed by atoms with Crippen LogP contribution in [0.2, 0.25) is 0 Å². The molecule has 1 rings (SSSR count). The molecule has 0 spiro atoms. The molecule has 0 saturated carbocycles. The lowest BCUT2D eigenvalue weighted by molar-refractivity contribution is -0.137. The Labute approximate surface area is 89.1 Å². The van der Waals surface area contributed by atoms with Gasteiger partial charge >= 0.3 is 6.18 Å². The van der Waals surface area contributed by atoms with Gasteiger partial charge in [-0.1, -0.05) is 0 Å². The van der Waals surface area contributed by atoms with Crippen LogP contribution < -0.4 is 0 Å². The highest BCUT2D eigenvalue weighted by Crippen LogP contribution is 2.28. The van der Waals surface area contributed by atoms with Crippen molar-refractivity contribution in [3.8, 4) is 0 Å². The summed E-state index contributed by atoms with van der Waals surface area (Å²) in [7, 11) is 0. The smallest absolute Gasteiger partial charge is 0.302 e. The Hall–Kier alpha value is -1.10. The molecule has 0 aromatic carbocycles. The van der Waals surface area contributed by atoms with Gasteiger partial charge in [0, 0.05) is 18.3 Å². The van der Waals surface area contributed by atoms with Crippen molar-refractivity contribution < 1.29 is 18.0 Å². The van der Waals surface area contributed by atoms with Gasteiger partial charge in [-0.15, -0.1) is 11.6 Å². The second-order valence-electron chi connectivity index (χ2n) is 2.89. The van der Waals surface area contributed by atoms with Crippen molar-refractivity contribution in [3.63, 3.8) is 0 Å². The average molecular weight is 238 g/mol. The lowest BCUT2D eigenvalue weighted by atomic mass is 10.2. The van der Waals surface area contributed by atoms with Gasteiger partial charge in [-0.05, 0) is 12.1 Å². The number of carbonyl (C=O) groups excluding carboxylic acids is 1. The SMILES string of the molecule is O=CC(Cl)Cc1ccc(C(F)(F)F)cn1. The Bertz CT molecular complexity index is 336. The van der Waals surface area contributed by atoms with Crippen molar-refractivity contribution in [2.75, 3.05) is 0 Å². The summed E-state index contributed by atoms with van der Waals surface area (Å²) in [6, 6.07) is 2.12. The van der Waals surface area contributed by atoms with Gasteiger partial charge in [-0.2, -0.15) is 13.2 Å². The van der Waals surface area contributed by atoms with E-state index in [2.05, 4.69) is 4.98 Å². The van der Waals surface area contributed by atoms with E-state index in [0.29, 0.717) is 12.0 Å². The maximum absolute atomic E-state index is 12.1. The van der Waals surface area contributed by atoms with Crippen LogP contribution >= 0.6 is 11.6 Å². The van der Waals surface area contributed by atoms with Gasteiger partial charge in [0.05, 0.1) is 10.9 Å². The molecule has 0 aliphatic rings. The van der Waals surface area contributed by atoms with Crippen molar-refractivity contribution in [3.05, 3.63) is 29.6 Å². The van der Waals surface area contributed by atoms with Gasteiger partial charge < -0.3 is 4.79 Å². The number of alkyl halides is 4. The van der Waals surface area contributed by atoms with Crippen LogP contribution in [0.5, 0.6) is 0 Å². The fourth-order valence-corrected chi connectivity index (χ4v) is 1.12. The summed E-state index contributed by atoms with van der Waals surface area (Å²) in [6.07, 6.45) is -3.02. The summed E-state index contributed by atoms with van der Waals surface area (Å²) >= 11 is 5.50. The number of pyridine rings is 1. The molecule has 0 amide bonds. The van der Waals surface area contributed by atoms with Crippen LogP contribution in [0.1, 0.15) is 11.3 Å². The van der Waals surface area contributed by atoms with Crippen molar-refractivity contribution in [1.29, 1.82) is 0 Å². The lowest BCUT2D eigenvalue weighted by Gasteiger charge is -2.06. The molecule has 1 aromatic rings. The molecule has 82 valence electrons. The number of aldehydes is 1. The Balaban J connectivity index is 2.77. The number of rotatable bonds is 3. The summed E-state index contributed by atoms with van der Waals surface area (Å²) in [4.78, 5) is 13.8. The summed E-state index contributed by atoms with van der Waals surface area (Å²) in [5.41, 5.74) is -0.460. The molecular weight excluding hydrogens is 231 g/mol. The highest BCUT2D eigenvalue weighted by molar-refractivity contribution is 6.27. The van der Waals surface area contributed by atoms with E-state index in [0.717, 1.165) is 12.3 Å². The van der Waals surface area contributed by atoms with E-state index in [1.165, 1.54) is 6.07 Å². The minimum Gasteiger partial charge on any atom is -0.302 e. The lowest BCUT2D eigenvalue weighted by Crippen LogP contribution is -2.09. The average Bonchev–Trinajstić information content (AvgIpc) is 2.17. The number of carbonyl (C=O) groups is 1. The zero-order chi connectivity index (χ0) is 11.5. The molecule has 0 bridgehead atoms. The maximum Gasteiger partial charge on any atom is 0.417 e. The molecule has 0 fully saturated rings. The molecular formula is C9H7ClF3NO. The van der Waals surface area contributed by atoms with Crippen LogP contribution in [0.15, 0.2) is 18.3 Å². The summed E-state index contributed by atoms with van der Waals surface area (Å²) in [6.45, 7) is 0. The zero-order valence-electron chi connectivity index (χ0n) is 7.46. The van der Waals surface area contributed by atoms with E-state index < -0.39 is 17.1 Å². The Morgan fingerprint density at radius 3 is 2.53 bits per heavy atom. The van der Waals surface area contributed by atoms with Gasteiger partial charge in [0.1, 0.15) is 6.29 Å². The molecule has 15 heavy (non-hydrogen) atoms. The third-order valence-electron chi connectivity index (χ3n) is 1.70. The van der Waals surface area contributed by atoms with Crippen LogP contribution in [0, 0.1) is 0 Å². The van der Waals surface area contributed by atoms with Gasteiger partial charge in [0.25, 0.3) is 0 Å². The number of nitrogens with zero attached hydrogens (tertiary/aromatic N) is 1. The van der Waals surface area contributed by atoms with Crippen molar-refractivity contribution in [2.45, 2.75) is 18.0 Å². The number of aromatic nitrogens is 1. The first-order valence-electron chi connectivity index (χ1n) is 4.05. The van der Waals surface area contributed by atoms with E-state index in [4.69, 9.17) is 11.6 Å². The molecule has 0 saturated heterocycles. The zero-order valence-corrected chi connectivity index (χ0v) is 8.22. The molecule has 1 atom stereocenters. The van der Waals surface area contributed by atoms with Crippen LogP contribution in [-0.4, -0.2) is 16.6 Å². The number of hydrogen-bond donors (Lipinski definition) is 0. The van der Waals surface area contributed by atoms with Gasteiger partial charge in [0.15, 0.2) is 0 Å². The normalized spacial score (nSPS) is 13.6. The topological polar surface area (TPSA) is 30.0 Å². The molecule has 0 radical (unpaired) electrons. The molecule has 0 aliphatic carbocycles. The predicted octanol–water partition coefficient (Wildman–Crippen LogP) is 2.45. The molecule has 0 aliphatic heterocycles. The van der Waals surface area contributed by atoms with Gasteiger partial charge in [-0.3, -0.25) is 4.98 Å². The summed E-state index contributed by atoms with van der Waals surface area (Å²) < 4.78 is 36.4. The van der Waals surface area contributed by atoms with Crippen LogP contribution in [0.25, 0.3) is 0 Å². The minimum atomic E-state index is -4.39. The summed E-state index contributed by atoms with van der Waals surface area (Å²) in [5, 5.41) is -0.755. The summed E-state index contributed by atoms with van der Waals surface area (Å²) in [5.74, 6) is 0. The maximum atomic E-state index is 12.1. The van der Waals surface area contributed by atoms with Gasteiger partial charge in [-0.25, -0.2) is 0 Å². The predicted molar refractivity (Wildman–Crippen MR) is 48.6 cm³/mol. The Morgan fingerprint density at radius 1 is 1.47 bits per heavy atom. The molecule has 6 heteroatoms. The fourth-order valence-electron chi connectivity index (χ4n) is 0.961. The minimum absolute atomic E-state index is 0.128. The largest absolute Gasteiger partial charge is 0.417 e. The second kappa shape index (κ2) is 4.61. The first-order chi connectivity index (χ1) is 6.93. The second-order valence-corrected chi connectivity index (χ2v) is 3.45. The third-order valence-corrected chi connectivity index (χ3v) is 1.96. The van der Waals surface area contributed by atoms with E-state index in [1.54, 1.807) is 0 Å². The van der Waals surface area contributed by atoms with E-state index in [-0.39, 0.29) is 6.42 Å². The molecule has 1 aromatic heterocycles. The Morgan fingerprint density at radius 2 is 2.13 bits per heavy atom.